The van der Waals surface area contributed by atoms with Crippen LogP contribution in [0.1, 0.15) is 50.9 Å². The summed E-state index contributed by atoms with van der Waals surface area (Å²) in [7, 11) is 1.67. The fraction of sp³-hybridized carbons (Fsp3) is 0.423. The van der Waals surface area contributed by atoms with Crippen LogP contribution >= 0.6 is 0 Å². The summed E-state index contributed by atoms with van der Waals surface area (Å²) in [6, 6.07) is 11.7. The molecule has 1 aromatic carbocycles. The second-order valence-electron chi connectivity index (χ2n) is 9.37. The Hall–Kier alpha value is -3.97. The van der Waals surface area contributed by atoms with E-state index >= 15 is 0 Å². The number of nitriles is 1. The Morgan fingerprint density at radius 3 is 2.64 bits per heavy atom. The van der Waals surface area contributed by atoms with Crippen LogP contribution in [0, 0.1) is 11.3 Å². The predicted molar refractivity (Wildman–Crippen MR) is 137 cm³/mol. The molecule has 0 spiro atoms. The van der Waals surface area contributed by atoms with Crippen molar-refractivity contribution in [3.8, 4) is 6.07 Å². The minimum absolute atomic E-state index is 0.100. The molecule has 0 bridgehead atoms. The van der Waals surface area contributed by atoms with Crippen molar-refractivity contribution < 1.29 is 4.42 Å². The van der Waals surface area contributed by atoms with Crippen molar-refractivity contribution in [3.05, 3.63) is 62.6 Å². The van der Waals surface area contributed by atoms with E-state index < -0.39 is 5.76 Å². The highest BCUT2D eigenvalue weighted by Gasteiger charge is 2.37. The first-order chi connectivity index (χ1) is 17.3. The van der Waals surface area contributed by atoms with Gasteiger partial charge in [0.25, 0.3) is 0 Å². The molecule has 3 aromatic heterocycles. The summed E-state index contributed by atoms with van der Waals surface area (Å²) >= 11 is 0. The van der Waals surface area contributed by atoms with Crippen LogP contribution in [0.5, 0.6) is 0 Å². The minimum Gasteiger partial charge on any atom is -0.408 e. The van der Waals surface area contributed by atoms with E-state index in [4.69, 9.17) is 4.42 Å². The van der Waals surface area contributed by atoms with Crippen molar-refractivity contribution >= 4 is 28.0 Å². The standard InChI is InChI=1S/C26H29N7O3/c1-5-18-14-33(24-23-21(31(4)25(34)30-24)9-8-17(12-27)28-23)19(6-2)13-32(18)15(3)16-7-10-22-20(11-16)29-26(35)36-22/h7-11,15,18-19H,5-6,13-14H2,1-4H3,(H,29,35)/t15?,18-,19?/m1/s1. The zero-order valence-electron chi connectivity index (χ0n) is 20.9. The van der Waals surface area contributed by atoms with Crippen LogP contribution < -0.4 is 16.3 Å². The molecule has 0 aliphatic carbocycles. The third-order valence-corrected chi connectivity index (χ3v) is 7.43. The van der Waals surface area contributed by atoms with Crippen molar-refractivity contribution in [3.63, 3.8) is 0 Å². The molecular weight excluding hydrogens is 458 g/mol. The lowest BCUT2D eigenvalue weighted by Gasteiger charge is -2.49. The van der Waals surface area contributed by atoms with E-state index in [1.807, 2.05) is 18.2 Å². The Kier molecular flexibility index (Phi) is 6.10. The number of fused-ring (bicyclic) bond motifs is 2. The van der Waals surface area contributed by atoms with Crippen molar-refractivity contribution in [2.75, 3.05) is 18.0 Å². The second kappa shape index (κ2) is 9.24. The van der Waals surface area contributed by atoms with Crippen molar-refractivity contribution in [2.45, 2.75) is 51.7 Å². The average Bonchev–Trinajstić information content (AvgIpc) is 3.28. The van der Waals surface area contributed by atoms with Gasteiger partial charge in [0.2, 0.25) is 0 Å². The first-order valence-electron chi connectivity index (χ1n) is 12.3. The van der Waals surface area contributed by atoms with Gasteiger partial charge in [-0.25, -0.2) is 14.6 Å². The average molecular weight is 488 g/mol. The van der Waals surface area contributed by atoms with Crippen molar-refractivity contribution in [1.29, 1.82) is 5.26 Å². The van der Waals surface area contributed by atoms with Gasteiger partial charge in [-0.2, -0.15) is 10.2 Å². The molecule has 2 unspecified atom stereocenters. The number of aromatic nitrogens is 4. The molecule has 186 valence electrons. The molecule has 1 aliphatic heterocycles. The van der Waals surface area contributed by atoms with Gasteiger partial charge in [0.1, 0.15) is 17.3 Å². The minimum atomic E-state index is -0.456. The van der Waals surface area contributed by atoms with E-state index in [1.54, 1.807) is 19.2 Å². The van der Waals surface area contributed by atoms with E-state index in [-0.39, 0.29) is 23.8 Å². The summed E-state index contributed by atoms with van der Waals surface area (Å²) in [5, 5.41) is 9.42. The quantitative estimate of drug-likeness (QED) is 0.455. The summed E-state index contributed by atoms with van der Waals surface area (Å²) in [5.74, 6) is 0.0861. The third-order valence-electron chi connectivity index (χ3n) is 7.43. The van der Waals surface area contributed by atoms with Crippen LogP contribution in [0.4, 0.5) is 5.82 Å². The molecule has 1 aliphatic rings. The van der Waals surface area contributed by atoms with Crippen molar-refractivity contribution in [1.82, 2.24) is 24.4 Å². The molecule has 10 heteroatoms. The lowest BCUT2D eigenvalue weighted by molar-refractivity contribution is 0.101. The van der Waals surface area contributed by atoms with Gasteiger partial charge >= 0.3 is 11.4 Å². The van der Waals surface area contributed by atoms with E-state index in [9.17, 15) is 14.9 Å². The highest BCUT2D eigenvalue weighted by atomic mass is 16.4. The molecule has 0 radical (unpaired) electrons. The number of aromatic amines is 1. The maximum absolute atomic E-state index is 12.8. The molecule has 3 atom stereocenters. The second-order valence-corrected chi connectivity index (χ2v) is 9.37. The Morgan fingerprint density at radius 1 is 1.14 bits per heavy atom. The number of H-pyrrole nitrogens is 1. The Bertz CT molecular complexity index is 1600. The number of rotatable bonds is 5. The van der Waals surface area contributed by atoms with Crippen LogP contribution in [0.25, 0.3) is 22.1 Å². The highest BCUT2D eigenvalue weighted by molar-refractivity contribution is 5.86. The molecule has 4 aromatic rings. The molecule has 10 nitrogen and oxygen atoms in total. The van der Waals surface area contributed by atoms with Crippen LogP contribution in [0.15, 0.2) is 44.3 Å². The maximum Gasteiger partial charge on any atom is 0.417 e. The molecule has 0 saturated carbocycles. The zero-order chi connectivity index (χ0) is 25.6. The molecule has 5 rings (SSSR count). The number of benzene rings is 1. The van der Waals surface area contributed by atoms with E-state index in [1.165, 1.54) is 4.57 Å². The van der Waals surface area contributed by atoms with Gasteiger partial charge in [-0.1, -0.05) is 19.9 Å². The van der Waals surface area contributed by atoms with E-state index in [2.05, 4.69) is 51.6 Å². The molecule has 1 saturated heterocycles. The van der Waals surface area contributed by atoms with Gasteiger partial charge in [0, 0.05) is 38.3 Å². The van der Waals surface area contributed by atoms with Gasteiger partial charge in [-0.05, 0) is 49.6 Å². The predicted octanol–water partition coefficient (Wildman–Crippen LogP) is 3.08. The molecule has 0 amide bonds. The molecule has 1 fully saturated rings. The Labute approximate surface area is 207 Å². The summed E-state index contributed by atoms with van der Waals surface area (Å²) in [5.41, 5.74) is 3.52. The SMILES string of the molecule is CCC1CN(C(C)c2ccc3oc(=O)[nH]c3c2)[C@H](CC)CN1c1nc(=O)n(C)c2ccc(C#N)nc12. The van der Waals surface area contributed by atoms with Gasteiger partial charge in [0.15, 0.2) is 11.4 Å². The zero-order valence-corrected chi connectivity index (χ0v) is 20.9. The molecule has 4 heterocycles. The maximum atomic E-state index is 12.8. The number of piperazine rings is 1. The smallest absolute Gasteiger partial charge is 0.408 e. The van der Waals surface area contributed by atoms with E-state index in [0.717, 1.165) is 24.9 Å². The first-order valence-corrected chi connectivity index (χ1v) is 12.3. The van der Waals surface area contributed by atoms with Gasteiger partial charge < -0.3 is 9.32 Å². The van der Waals surface area contributed by atoms with Crippen molar-refractivity contribution in [2.24, 2.45) is 7.05 Å². The number of aryl methyl sites for hydroxylation is 1. The largest absolute Gasteiger partial charge is 0.417 e. The number of anilines is 1. The van der Waals surface area contributed by atoms with E-state index in [0.29, 0.717) is 40.2 Å². The van der Waals surface area contributed by atoms with Gasteiger partial charge in [-0.15, -0.1) is 0 Å². The van der Waals surface area contributed by atoms with Crippen LogP contribution in [-0.2, 0) is 7.05 Å². The van der Waals surface area contributed by atoms with Gasteiger partial charge in [-0.3, -0.25) is 14.5 Å². The number of nitrogens with one attached hydrogen (secondary N) is 1. The lowest BCUT2D eigenvalue weighted by atomic mass is 9.97. The fourth-order valence-electron chi connectivity index (χ4n) is 5.31. The Morgan fingerprint density at radius 2 is 1.92 bits per heavy atom. The van der Waals surface area contributed by atoms with Crippen LogP contribution in [0.2, 0.25) is 0 Å². The number of oxazole rings is 1. The molecule has 36 heavy (non-hydrogen) atoms. The molecular formula is C26H29N7O3. The fourth-order valence-corrected chi connectivity index (χ4v) is 5.31. The monoisotopic (exact) mass is 487 g/mol. The summed E-state index contributed by atoms with van der Waals surface area (Å²) in [6.07, 6.45) is 1.76. The normalized spacial score (nSPS) is 19.6. The summed E-state index contributed by atoms with van der Waals surface area (Å²) < 4.78 is 6.64. The summed E-state index contributed by atoms with van der Waals surface area (Å²) in [4.78, 5) is 40.8. The number of hydrogen-bond acceptors (Lipinski definition) is 8. The number of nitrogens with zero attached hydrogens (tertiary/aromatic N) is 6. The van der Waals surface area contributed by atoms with Crippen LogP contribution in [0.3, 0.4) is 0 Å². The lowest BCUT2D eigenvalue weighted by Crippen LogP contribution is -2.59. The molecule has 1 N–H and O–H groups in total. The number of pyridine rings is 1. The highest BCUT2D eigenvalue weighted by Crippen LogP contribution is 2.34. The first kappa shape index (κ1) is 23.8. The topological polar surface area (TPSA) is 124 Å². The summed E-state index contributed by atoms with van der Waals surface area (Å²) in [6.45, 7) is 7.92. The Balaban J connectivity index is 1.53. The van der Waals surface area contributed by atoms with Gasteiger partial charge in [0.05, 0.1) is 11.0 Å². The number of hydrogen-bond donors (Lipinski definition) is 1. The van der Waals surface area contributed by atoms with Crippen LogP contribution in [-0.4, -0.2) is 49.6 Å². The third kappa shape index (κ3) is 3.95.